The van der Waals surface area contributed by atoms with E-state index in [1.165, 1.54) is 12.4 Å². The first kappa shape index (κ1) is 22.4. The number of H-pyrrole nitrogens is 1. The first-order valence-electron chi connectivity index (χ1n) is 8.10. The van der Waals surface area contributed by atoms with E-state index in [9.17, 15) is 23.6 Å². The number of imidazole rings is 1. The Morgan fingerprint density at radius 1 is 1.37 bits per heavy atom. The van der Waals surface area contributed by atoms with Gasteiger partial charge in [-0.1, -0.05) is 25.4 Å². The fourth-order valence-electron chi connectivity index (χ4n) is 2.09. The third-order valence-electron chi connectivity index (χ3n) is 3.32. The number of nitrogens with one attached hydrogen (secondary N) is 3. The molecular formula is C15H22ClFN6O4. The van der Waals surface area contributed by atoms with Crippen LogP contribution in [-0.2, 0) is 14.4 Å². The summed E-state index contributed by atoms with van der Waals surface area (Å²) in [6, 6.07) is -1.04. The van der Waals surface area contributed by atoms with Crippen LogP contribution in [0.2, 0.25) is 0 Å². The maximum Gasteiger partial charge on any atom is 0.291 e. The number of alkyl halides is 2. The molecule has 0 radical (unpaired) electrons. The number of nitrogens with zero attached hydrogens (tertiary/aromatic N) is 2. The van der Waals surface area contributed by atoms with Gasteiger partial charge in [0.25, 0.3) is 23.4 Å². The summed E-state index contributed by atoms with van der Waals surface area (Å²) in [5.74, 6) is -3.41. The fourth-order valence-corrected chi connectivity index (χ4v) is 2.21. The smallest absolute Gasteiger partial charge is 0.291 e. The van der Waals surface area contributed by atoms with Crippen molar-refractivity contribution in [1.82, 2.24) is 25.7 Å². The zero-order valence-corrected chi connectivity index (χ0v) is 15.6. The molecular weight excluding hydrogens is 383 g/mol. The van der Waals surface area contributed by atoms with Gasteiger partial charge in [0.1, 0.15) is 6.04 Å². The number of carbonyl (C=O) groups excluding carboxylic acids is 4. The van der Waals surface area contributed by atoms with Crippen LogP contribution in [0.1, 0.15) is 37.3 Å². The van der Waals surface area contributed by atoms with Gasteiger partial charge in [-0.2, -0.15) is 0 Å². The lowest BCUT2D eigenvalue weighted by molar-refractivity contribution is -0.144. The van der Waals surface area contributed by atoms with E-state index in [1.54, 1.807) is 0 Å². The second-order valence-electron chi connectivity index (χ2n) is 6.08. The number of nitrogens with two attached hydrogens (primary N) is 1. The molecule has 150 valence electrons. The highest BCUT2D eigenvalue weighted by molar-refractivity contribution is 6.29. The van der Waals surface area contributed by atoms with Crippen LogP contribution in [0, 0.1) is 5.92 Å². The molecule has 1 rings (SSSR count). The van der Waals surface area contributed by atoms with E-state index in [0.717, 1.165) is 0 Å². The number of amides is 4. The molecule has 0 aliphatic heterocycles. The predicted octanol–water partition coefficient (Wildman–Crippen LogP) is -0.176. The molecule has 12 heteroatoms. The van der Waals surface area contributed by atoms with Gasteiger partial charge < -0.3 is 16.0 Å². The van der Waals surface area contributed by atoms with Gasteiger partial charge in [0.2, 0.25) is 5.91 Å². The Bertz CT molecular complexity index is 667. The van der Waals surface area contributed by atoms with E-state index in [2.05, 4.69) is 20.7 Å². The third kappa shape index (κ3) is 7.60. The molecule has 0 spiro atoms. The monoisotopic (exact) mass is 404 g/mol. The number of halogens is 2. The Morgan fingerprint density at radius 3 is 2.52 bits per heavy atom. The molecule has 0 bridgehead atoms. The minimum atomic E-state index is -2.42. The number of hydrogen-bond acceptors (Lipinski definition) is 5. The van der Waals surface area contributed by atoms with Gasteiger partial charge in [0, 0.05) is 18.8 Å². The molecule has 1 aromatic heterocycles. The molecule has 0 fully saturated rings. The highest BCUT2D eigenvalue weighted by Gasteiger charge is 2.29. The summed E-state index contributed by atoms with van der Waals surface area (Å²) in [6.07, 6.45) is 2.73. The standard InChI is InChI=1S/C15H22ClFN6O4/c1-8(2)7-9(21-14(26)12-19-4-5-20-12)13(25)22-23(6-3-10(18)24)15(27)11(16)17/h4-5,8-9,11H,3,6-7H2,1-2H3,(H2,18,24)(H,19,20)(H,21,26)(H,22,25). The zero-order valence-electron chi connectivity index (χ0n) is 14.9. The van der Waals surface area contributed by atoms with Gasteiger partial charge in [-0.15, -0.1) is 0 Å². The van der Waals surface area contributed by atoms with Gasteiger partial charge in [0.15, 0.2) is 5.82 Å². The molecule has 0 saturated carbocycles. The van der Waals surface area contributed by atoms with Crippen molar-refractivity contribution in [3.63, 3.8) is 0 Å². The van der Waals surface area contributed by atoms with Crippen LogP contribution >= 0.6 is 11.6 Å². The molecule has 2 unspecified atom stereocenters. The number of aromatic amines is 1. The van der Waals surface area contributed by atoms with Crippen LogP contribution < -0.4 is 16.5 Å². The number of primary amides is 1. The van der Waals surface area contributed by atoms with Crippen molar-refractivity contribution in [2.45, 2.75) is 38.4 Å². The Balaban J connectivity index is 2.88. The predicted molar refractivity (Wildman–Crippen MR) is 93.7 cm³/mol. The highest BCUT2D eigenvalue weighted by atomic mass is 35.5. The van der Waals surface area contributed by atoms with Crippen LogP contribution in [0.5, 0.6) is 0 Å². The van der Waals surface area contributed by atoms with E-state index in [0.29, 0.717) is 5.01 Å². The largest absolute Gasteiger partial charge is 0.370 e. The maximum absolute atomic E-state index is 13.2. The molecule has 0 saturated heterocycles. The number of carbonyl (C=O) groups is 4. The molecule has 10 nitrogen and oxygen atoms in total. The SMILES string of the molecule is CC(C)CC(NC(=O)c1ncc[nH]1)C(=O)NN(CCC(N)=O)C(=O)C(F)Cl. The molecule has 0 aromatic carbocycles. The average molecular weight is 405 g/mol. The average Bonchev–Trinajstić information content (AvgIpc) is 3.11. The summed E-state index contributed by atoms with van der Waals surface area (Å²) in [4.78, 5) is 53.8. The van der Waals surface area contributed by atoms with E-state index < -0.39 is 35.3 Å². The van der Waals surface area contributed by atoms with Crippen molar-refractivity contribution < 1.29 is 23.6 Å². The molecule has 1 aromatic rings. The summed E-state index contributed by atoms with van der Waals surface area (Å²) in [5, 5.41) is 3.05. The molecule has 0 aliphatic carbocycles. The number of hydrogen-bond donors (Lipinski definition) is 4. The van der Waals surface area contributed by atoms with Gasteiger partial charge in [-0.3, -0.25) is 24.6 Å². The van der Waals surface area contributed by atoms with Crippen LogP contribution in [-0.4, -0.2) is 56.8 Å². The second-order valence-corrected chi connectivity index (χ2v) is 6.46. The topological polar surface area (TPSA) is 150 Å². The molecule has 5 N–H and O–H groups in total. The zero-order chi connectivity index (χ0) is 20.6. The van der Waals surface area contributed by atoms with E-state index >= 15 is 0 Å². The van der Waals surface area contributed by atoms with Crippen LogP contribution in [0.4, 0.5) is 4.39 Å². The maximum atomic E-state index is 13.2. The summed E-state index contributed by atoms with van der Waals surface area (Å²) >= 11 is 5.13. The molecule has 0 aliphatic rings. The molecule has 4 amide bonds. The molecule has 1 heterocycles. The third-order valence-corrected chi connectivity index (χ3v) is 3.51. The van der Waals surface area contributed by atoms with Gasteiger partial charge in [-0.25, -0.2) is 14.4 Å². The van der Waals surface area contributed by atoms with Crippen molar-refractivity contribution in [3.8, 4) is 0 Å². The van der Waals surface area contributed by atoms with Crippen molar-refractivity contribution in [2.75, 3.05) is 6.54 Å². The van der Waals surface area contributed by atoms with Gasteiger partial charge >= 0.3 is 0 Å². The summed E-state index contributed by atoms with van der Waals surface area (Å²) in [7, 11) is 0. The van der Waals surface area contributed by atoms with Gasteiger partial charge in [-0.05, 0) is 12.3 Å². The van der Waals surface area contributed by atoms with Crippen molar-refractivity contribution >= 4 is 35.2 Å². The lowest BCUT2D eigenvalue weighted by Gasteiger charge is -2.26. The van der Waals surface area contributed by atoms with E-state index in [4.69, 9.17) is 17.3 Å². The number of hydrazine groups is 1. The summed E-state index contributed by atoms with van der Waals surface area (Å²) < 4.78 is 13.2. The van der Waals surface area contributed by atoms with E-state index in [-0.39, 0.29) is 31.1 Å². The molecule has 27 heavy (non-hydrogen) atoms. The lowest BCUT2D eigenvalue weighted by Crippen LogP contribution is -2.56. The number of rotatable bonds is 9. The Hall–Kier alpha value is -2.69. The normalized spacial score (nSPS) is 12.9. The fraction of sp³-hybridized carbons (Fsp3) is 0.533. The molecule has 2 atom stereocenters. The minimum Gasteiger partial charge on any atom is -0.370 e. The van der Waals surface area contributed by atoms with Crippen LogP contribution in [0.15, 0.2) is 12.4 Å². The van der Waals surface area contributed by atoms with Gasteiger partial charge in [0.05, 0.1) is 6.54 Å². The first-order chi connectivity index (χ1) is 12.6. The van der Waals surface area contributed by atoms with Crippen LogP contribution in [0.25, 0.3) is 0 Å². The quantitative estimate of drug-likeness (QED) is 0.332. The second kappa shape index (κ2) is 10.5. The Labute approximate surface area is 160 Å². The Kier molecular flexibility index (Phi) is 8.66. The van der Waals surface area contributed by atoms with Crippen molar-refractivity contribution in [1.29, 1.82) is 0 Å². The highest BCUT2D eigenvalue weighted by Crippen LogP contribution is 2.08. The Morgan fingerprint density at radius 2 is 2.04 bits per heavy atom. The van der Waals surface area contributed by atoms with E-state index in [1.807, 2.05) is 13.8 Å². The summed E-state index contributed by atoms with van der Waals surface area (Å²) in [6.45, 7) is 3.28. The van der Waals surface area contributed by atoms with Crippen molar-refractivity contribution in [2.24, 2.45) is 11.7 Å². The van der Waals surface area contributed by atoms with Crippen LogP contribution in [0.3, 0.4) is 0 Å². The first-order valence-corrected chi connectivity index (χ1v) is 8.54. The van der Waals surface area contributed by atoms with Crippen molar-refractivity contribution in [3.05, 3.63) is 18.2 Å². The number of aromatic nitrogens is 2. The minimum absolute atomic E-state index is 0.00259. The lowest BCUT2D eigenvalue weighted by atomic mass is 10.0. The summed E-state index contributed by atoms with van der Waals surface area (Å²) in [5.41, 5.74) is 4.77.